The van der Waals surface area contributed by atoms with Gasteiger partial charge >= 0.3 is 0 Å². The van der Waals surface area contributed by atoms with E-state index in [-0.39, 0.29) is 21.0 Å². The van der Waals surface area contributed by atoms with Crippen molar-refractivity contribution in [3.8, 4) is 0 Å². The van der Waals surface area contributed by atoms with Crippen molar-refractivity contribution in [2.75, 3.05) is 0 Å². The van der Waals surface area contributed by atoms with Crippen LogP contribution in [0.3, 0.4) is 0 Å². The minimum Gasteiger partial charge on any atom is -0.444 e. The molecule has 0 atom stereocenters. The Morgan fingerprint density at radius 1 is 0.952 bits per heavy atom. The Morgan fingerprint density at radius 3 is 2.33 bits per heavy atom. The van der Waals surface area contributed by atoms with Gasteiger partial charge in [-0.05, 0) is 31.2 Å². The minimum absolute atomic E-state index is 0.103. The summed E-state index contributed by atoms with van der Waals surface area (Å²) in [7, 11) is -3.84. The highest BCUT2D eigenvalue weighted by molar-refractivity contribution is 7.91. The SMILES string of the molecule is Cc1ccc(S(=O)(=O)c2cc(=O)c3ccccc3o2)cc1. The van der Waals surface area contributed by atoms with E-state index in [1.54, 1.807) is 36.4 Å². The van der Waals surface area contributed by atoms with Gasteiger partial charge in [0.05, 0.1) is 10.3 Å². The lowest BCUT2D eigenvalue weighted by molar-refractivity contribution is 0.469. The summed E-state index contributed by atoms with van der Waals surface area (Å²) >= 11 is 0. The van der Waals surface area contributed by atoms with E-state index in [4.69, 9.17) is 4.42 Å². The fraction of sp³-hybridized carbons (Fsp3) is 0.0625. The molecule has 21 heavy (non-hydrogen) atoms. The molecule has 5 heteroatoms. The second kappa shape index (κ2) is 4.86. The third-order valence-corrected chi connectivity index (χ3v) is 4.83. The van der Waals surface area contributed by atoms with E-state index >= 15 is 0 Å². The molecule has 0 saturated heterocycles. The van der Waals surface area contributed by atoms with Crippen molar-refractivity contribution in [2.24, 2.45) is 0 Å². The fourth-order valence-corrected chi connectivity index (χ4v) is 3.24. The largest absolute Gasteiger partial charge is 0.444 e. The molecule has 1 heterocycles. The molecule has 106 valence electrons. The fourth-order valence-electron chi connectivity index (χ4n) is 2.05. The summed E-state index contributed by atoms with van der Waals surface area (Å²) in [5.74, 6) is 0. The van der Waals surface area contributed by atoms with E-state index in [9.17, 15) is 13.2 Å². The zero-order valence-corrected chi connectivity index (χ0v) is 12.1. The van der Waals surface area contributed by atoms with Crippen molar-refractivity contribution in [3.63, 3.8) is 0 Å². The van der Waals surface area contributed by atoms with E-state index in [0.717, 1.165) is 11.6 Å². The van der Waals surface area contributed by atoms with Crippen LogP contribution in [-0.2, 0) is 9.84 Å². The van der Waals surface area contributed by atoms with E-state index in [1.807, 2.05) is 6.92 Å². The van der Waals surface area contributed by atoms with Gasteiger partial charge in [0, 0.05) is 6.07 Å². The van der Waals surface area contributed by atoms with Crippen LogP contribution in [0.15, 0.2) is 73.8 Å². The second-order valence-corrected chi connectivity index (χ2v) is 6.62. The molecule has 3 aromatic rings. The lowest BCUT2D eigenvalue weighted by Crippen LogP contribution is -2.08. The maximum absolute atomic E-state index is 12.5. The first-order valence-electron chi connectivity index (χ1n) is 6.33. The van der Waals surface area contributed by atoms with Gasteiger partial charge in [0.15, 0.2) is 5.43 Å². The van der Waals surface area contributed by atoms with Crippen LogP contribution >= 0.6 is 0 Å². The normalized spacial score (nSPS) is 11.7. The Balaban J connectivity index is 2.24. The monoisotopic (exact) mass is 300 g/mol. The van der Waals surface area contributed by atoms with Crippen LogP contribution in [0.5, 0.6) is 0 Å². The molecule has 0 amide bonds. The van der Waals surface area contributed by atoms with Gasteiger partial charge in [-0.1, -0.05) is 29.8 Å². The van der Waals surface area contributed by atoms with E-state index in [0.29, 0.717) is 5.39 Å². The molecule has 0 spiro atoms. The van der Waals surface area contributed by atoms with Gasteiger partial charge < -0.3 is 4.42 Å². The highest BCUT2D eigenvalue weighted by atomic mass is 32.2. The van der Waals surface area contributed by atoms with Crippen LogP contribution < -0.4 is 5.43 Å². The first kappa shape index (κ1) is 13.6. The van der Waals surface area contributed by atoms with Gasteiger partial charge in [-0.2, -0.15) is 0 Å². The van der Waals surface area contributed by atoms with Gasteiger partial charge in [-0.25, -0.2) is 8.42 Å². The van der Waals surface area contributed by atoms with E-state index < -0.39 is 9.84 Å². The molecule has 0 radical (unpaired) electrons. The summed E-state index contributed by atoms with van der Waals surface area (Å²) in [4.78, 5) is 12.1. The second-order valence-electron chi connectivity index (χ2n) is 4.74. The molecule has 0 fully saturated rings. The summed E-state index contributed by atoms with van der Waals surface area (Å²) < 4.78 is 30.4. The molecule has 3 rings (SSSR count). The molecule has 4 nitrogen and oxygen atoms in total. The number of hydrogen-bond donors (Lipinski definition) is 0. The van der Waals surface area contributed by atoms with Crippen LogP contribution in [0.2, 0.25) is 0 Å². The molecule has 2 aromatic carbocycles. The molecule has 0 bridgehead atoms. The Kier molecular flexibility index (Phi) is 3.14. The highest BCUT2D eigenvalue weighted by Crippen LogP contribution is 2.22. The van der Waals surface area contributed by atoms with Gasteiger partial charge in [0.2, 0.25) is 14.9 Å². The maximum Gasteiger partial charge on any atom is 0.239 e. The standard InChI is InChI=1S/C16H12O4S/c1-11-6-8-12(9-7-11)21(18,19)16-10-14(17)13-4-2-3-5-15(13)20-16/h2-10H,1H3. The minimum atomic E-state index is -3.84. The Morgan fingerprint density at radius 2 is 1.62 bits per heavy atom. The summed E-state index contributed by atoms with van der Waals surface area (Å²) in [5, 5.41) is 0.0235. The van der Waals surface area contributed by atoms with Crippen molar-refractivity contribution < 1.29 is 12.8 Å². The smallest absolute Gasteiger partial charge is 0.239 e. The molecule has 0 aliphatic heterocycles. The molecule has 0 aliphatic carbocycles. The van der Waals surface area contributed by atoms with Crippen molar-refractivity contribution in [1.29, 1.82) is 0 Å². The summed E-state index contributed by atoms with van der Waals surface area (Å²) in [6, 6.07) is 14.0. The lowest BCUT2D eigenvalue weighted by atomic mass is 10.2. The predicted octanol–water partition coefficient (Wildman–Crippen LogP) is 2.93. The lowest BCUT2D eigenvalue weighted by Gasteiger charge is -2.05. The quantitative estimate of drug-likeness (QED) is 0.730. The van der Waals surface area contributed by atoms with Crippen LogP contribution in [0.25, 0.3) is 11.0 Å². The average Bonchev–Trinajstić information content (AvgIpc) is 2.47. The van der Waals surface area contributed by atoms with Crippen molar-refractivity contribution >= 4 is 20.8 Å². The number of rotatable bonds is 2. The van der Waals surface area contributed by atoms with Crippen LogP contribution in [0.4, 0.5) is 0 Å². The zero-order chi connectivity index (χ0) is 15.0. The number of benzene rings is 2. The maximum atomic E-state index is 12.5. The third-order valence-electron chi connectivity index (χ3n) is 3.21. The first-order chi connectivity index (χ1) is 9.98. The highest BCUT2D eigenvalue weighted by Gasteiger charge is 2.21. The number of aryl methyl sites for hydroxylation is 1. The number of sulfone groups is 1. The molecule has 0 saturated carbocycles. The summed E-state index contributed by atoms with van der Waals surface area (Å²) in [5.41, 5.74) is 0.840. The molecule has 0 unspecified atom stereocenters. The molecule has 1 aromatic heterocycles. The van der Waals surface area contributed by atoms with Gasteiger partial charge in [0.25, 0.3) is 0 Å². The Labute approximate surface area is 121 Å². The van der Waals surface area contributed by atoms with Crippen LogP contribution in [0.1, 0.15) is 5.56 Å². The Bertz CT molecular complexity index is 967. The third kappa shape index (κ3) is 2.36. The Hall–Kier alpha value is -2.40. The van der Waals surface area contributed by atoms with E-state index in [2.05, 4.69) is 0 Å². The van der Waals surface area contributed by atoms with Crippen molar-refractivity contribution in [1.82, 2.24) is 0 Å². The van der Waals surface area contributed by atoms with E-state index in [1.165, 1.54) is 12.1 Å². The van der Waals surface area contributed by atoms with Gasteiger partial charge in [0.1, 0.15) is 5.58 Å². The van der Waals surface area contributed by atoms with Crippen LogP contribution in [-0.4, -0.2) is 8.42 Å². The van der Waals surface area contributed by atoms with Crippen molar-refractivity contribution in [2.45, 2.75) is 16.9 Å². The topological polar surface area (TPSA) is 64.3 Å². The summed E-state index contributed by atoms with van der Waals surface area (Å²) in [6.45, 7) is 1.87. The van der Waals surface area contributed by atoms with Crippen molar-refractivity contribution in [3.05, 3.63) is 70.4 Å². The number of para-hydroxylation sites is 1. The zero-order valence-electron chi connectivity index (χ0n) is 11.2. The van der Waals surface area contributed by atoms with Crippen LogP contribution in [0, 0.1) is 6.92 Å². The molecular formula is C16H12O4S. The van der Waals surface area contributed by atoms with Gasteiger partial charge in [-0.15, -0.1) is 0 Å². The average molecular weight is 300 g/mol. The number of hydrogen-bond acceptors (Lipinski definition) is 4. The number of fused-ring (bicyclic) bond motifs is 1. The molecule has 0 N–H and O–H groups in total. The molecular weight excluding hydrogens is 288 g/mol. The summed E-state index contributed by atoms with van der Waals surface area (Å²) in [6.07, 6.45) is 0. The predicted molar refractivity (Wildman–Crippen MR) is 79.1 cm³/mol. The van der Waals surface area contributed by atoms with Gasteiger partial charge in [-0.3, -0.25) is 4.79 Å². The first-order valence-corrected chi connectivity index (χ1v) is 7.81. The molecule has 0 aliphatic rings.